The molecule has 2 N–H and O–H groups in total. The van der Waals surface area contributed by atoms with E-state index in [1.807, 2.05) is 24.3 Å². The topological polar surface area (TPSA) is 52.1 Å². The van der Waals surface area contributed by atoms with Crippen molar-refractivity contribution in [1.82, 2.24) is 20.4 Å². The van der Waals surface area contributed by atoms with Gasteiger partial charge in [0.25, 0.3) is 0 Å². The lowest BCUT2D eigenvalue weighted by molar-refractivity contribution is -0.143. The summed E-state index contributed by atoms with van der Waals surface area (Å²) >= 11 is 0. The van der Waals surface area contributed by atoms with Gasteiger partial charge in [0.15, 0.2) is 5.96 Å². The van der Waals surface area contributed by atoms with Crippen LogP contribution >= 0.6 is 24.0 Å². The quantitative estimate of drug-likeness (QED) is 0.263. The maximum absolute atomic E-state index is 12.5. The van der Waals surface area contributed by atoms with Gasteiger partial charge < -0.3 is 20.3 Å². The Balaban J connectivity index is 0.00000480. The Bertz CT molecular complexity index is 653. The van der Waals surface area contributed by atoms with Crippen LogP contribution in [0.4, 0.5) is 13.2 Å². The fraction of sp³-hybridized carbons (Fsp3) is 0.667. The highest BCUT2D eigenvalue weighted by atomic mass is 127. The zero-order chi connectivity index (χ0) is 22.0. The van der Waals surface area contributed by atoms with Gasteiger partial charge in [-0.15, -0.1) is 24.0 Å². The van der Waals surface area contributed by atoms with E-state index in [1.54, 1.807) is 7.05 Å². The van der Waals surface area contributed by atoms with E-state index in [1.165, 1.54) is 4.90 Å². The molecule has 0 saturated carbocycles. The largest absolute Gasteiger partial charge is 0.492 e. The summed E-state index contributed by atoms with van der Waals surface area (Å²) in [6, 6.07) is 7.84. The van der Waals surface area contributed by atoms with E-state index in [4.69, 9.17) is 4.74 Å². The molecule has 178 valence electrons. The van der Waals surface area contributed by atoms with Crippen LogP contribution in [0.3, 0.4) is 0 Å². The number of halogens is 4. The summed E-state index contributed by atoms with van der Waals surface area (Å²) in [5.41, 5.74) is 1.07. The standard InChI is InChI=1S/C21H34F3N5O.HI/c1-4-28(5-2)12-13-30-19-8-6-17(7-9-19)14-26-20(25-3)27-18-10-11-29(15-18)16-21(22,23)24;/h6-9,18H,4-5,10-16H2,1-3H3,(H2,25,26,27);1H. The molecule has 0 amide bonds. The van der Waals surface area contributed by atoms with Crippen LogP contribution in [0.25, 0.3) is 0 Å². The van der Waals surface area contributed by atoms with Crippen LogP contribution in [0, 0.1) is 0 Å². The van der Waals surface area contributed by atoms with E-state index in [0.717, 1.165) is 30.9 Å². The first-order chi connectivity index (χ1) is 14.3. The summed E-state index contributed by atoms with van der Waals surface area (Å²) in [5.74, 6) is 1.43. The van der Waals surface area contributed by atoms with Crippen molar-refractivity contribution in [2.45, 2.75) is 39.0 Å². The van der Waals surface area contributed by atoms with Gasteiger partial charge in [-0.05, 0) is 37.2 Å². The summed E-state index contributed by atoms with van der Waals surface area (Å²) in [6.07, 6.45) is -3.49. The number of nitrogens with zero attached hydrogens (tertiary/aromatic N) is 3. The Kier molecular flexibility index (Phi) is 12.5. The van der Waals surface area contributed by atoms with Gasteiger partial charge in [0, 0.05) is 39.3 Å². The molecular weight excluding hydrogens is 522 g/mol. The third-order valence-electron chi connectivity index (χ3n) is 5.19. The minimum Gasteiger partial charge on any atom is -0.492 e. The number of alkyl halides is 3. The maximum Gasteiger partial charge on any atom is 0.401 e. The number of hydrogen-bond donors (Lipinski definition) is 2. The van der Waals surface area contributed by atoms with Gasteiger partial charge in [-0.25, -0.2) is 0 Å². The second-order valence-corrected chi connectivity index (χ2v) is 7.43. The Labute approximate surface area is 200 Å². The lowest BCUT2D eigenvalue weighted by atomic mass is 10.2. The Morgan fingerprint density at radius 1 is 1.23 bits per heavy atom. The summed E-state index contributed by atoms with van der Waals surface area (Å²) in [7, 11) is 1.66. The number of benzene rings is 1. The summed E-state index contributed by atoms with van der Waals surface area (Å²) in [6.45, 7) is 8.37. The van der Waals surface area contributed by atoms with Crippen molar-refractivity contribution < 1.29 is 17.9 Å². The molecule has 1 unspecified atom stereocenters. The molecule has 6 nitrogen and oxygen atoms in total. The number of likely N-dealkylation sites (N-methyl/N-ethyl adjacent to an activating group) is 1. The zero-order valence-corrected chi connectivity index (χ0v) is 20.9. The van der Waals surface area contributed by atoms with E-state index in [-0.39, 0.29) is 30.0 Å². The zero-order valence-electron chi connectivity index (χ0n) is 18.5. The minimum atomic E-state index is -4.16. The van der Waals surface area contributed by atoms with Gasteiger partial charge in [-0.2, -0.15) is 13.2 Å². The molecule has 0 spiro atoms. The molecule has 2 rings (SSSR count). The molecule has 1 fully saturated rings. The number of guanidine groups is 1. The SMILES string of the molecule is CCN(CC)CCOc1ccc(CNC(=NC)NC2CCN(CC(F)(F)F)C2)cc1.I. The Morgan fingerprint density at radius 2 is 1.90 bits per heavy atom. The molecule has 1 aliphatic rings. The van der Waals surface area contributed by atoms with Gasteiger partial charge in [-0.1, -0.05) is 26.0 Å². The van der Waals surface area contributed by atoms with Crippen molar-refractivity contribution in [3.63, 3.8) is 0 Å². The Morgan fingerprint density at radius 3 is 2.48 bits per heavy atom. The average molecular weight is 557 g/mol. The second kappa shape index (κ2) is 14.0. The van der Waals surface area contributed by atoms with Crippen molar-refractivity contribution in [1.29, 1.82) is 0 Å². The molecule has 1 aromatic carbocycles. The molecule has 31 heavy (non-hydrogen) atoms. The van der Waals surface area contributed by atoms with Gasteiger partial charge >= 0.3 is 6.18 Å². The minimum absolute atomic E-state index is 0. The molecule has 1 saturated heterocycles. The average Bonchev–Trinajstić information content (AvgIpc) is 3.14. The maximum atomic E-state index is 12.5. The molecule has 0 aliphatic carbocycles. The molecule has 1 aromatic rings. The van der Waals surface area contributed by atoms with Crippen molar-refractivity contribution in [3.8, 4) is 5.75 Å². The lowest BCUT2D eigenvalue weighted by Gasteiger charge is -2.20. The van der Waals surface area contributed by atoms with Crippen LogP contribution in [0.1, 0.15) is 25.8 Å². The van der Waals surface area contributed by atoms with E-state index in [0.29, 0.717) is 38.6 Å². The smallest absolute Gasteiger partial charge is 0.401 e. The van der Waals surface area contributed by atoms with Crippen LogP contribution in [0.2, 0.25) is 0 Å². The normalized spacial score (nSPS) is 17.5. The highest BCUT2D eigenvalue weighted by Crippen LogP contribution is 2.20. The van der Waals surface area contributed by atoms with Crippen LogP contribution in [0.15, 0.2) is 29.3 Å². The molecule has 1 aliphatic heterocycles. The van der Waals surface area contributed by atoms with Crippen molar-refractivity contribution in [3.05, 3.63) is 29.8 Å². The van der Waals surface area contributed by atoms with E-state index in [2.05, 4.69) is 34.4 Å². The van der Waals surface area contributed by atoms with Gasteiger partial charge in [0.2, 0.25) is 0 Å². The van der Waals surface area contributed by atoms with Gasteiger partial charge in [0.1, 0.15) is 12.4 Å². The number of ether oxygens (including phenoxy) is 1. The van der Waals surface area contributed by atoms with E-state index >= 15 is 0 Å². The molecule has 10 heteroatoms. The molecule has 0 bridgehead atoms. The first kappa shape index (κ1) is 27.8. The molecule has 0 radical (unpaired) electrons. The molecule has 0 aromatic heterocycles. The molecule has 1 heterocycles. The number of likely N-dealkylation sites (tertiary alicyclic amines) is 1. The van der Waals surface area contributed by atoms with Crippen molar-refractivity contribution in [2.24, 2.45) is 4.99 Å². The predicted molar refractivity (Wildman–Crippen MR) is 129 cm³/mol. The number of aliphatic imine (C=N–C) groups is 1. The van der Waals surface area contributed by atoms with Gasteiger partial charge in [-0.3, -0.25) is 9.89 Å². The van der Waals surface area contributed by atoms with E-state index in [9.17, 15) is 13.2 Å². The lowest BCUT2D eigenvalue weighted by Crippen LogP contribution is -2.44. The monoisotopic (exact) mass is 557 g/mol. The summed E-state index contributed by atoms with van der Waals surface area (Å²) in [5, 5.41) is 6.43. The number of nitrogens with one attached hydrogen (secondary N) is 2. The highest BCUT2D eigenvalue weighted by molar-refractivity contribution is 14.0. The Hall–Kier alpha value is -1.27. The van der Waals surface area contributed by atoms with Crippen LogP contribution in [-0.4, -0.2) is 80.9 Å². The fourth-order valence-electron chi connectivity index (χ4n) is 3.46. The first-order valence-corrected chi connectivity index (χ1v) is 10.5. The van der Waals surface area contributed by atoms with Gasteiger partial charge in [0.05, 0.1) is 6.54 Å². The third-order valence-corrected chi connectivity index (χ3v) is 5.19. The second-order valence-electron chi connectivity index (χ2n) is 7.43. The fourth-order valence-corrected chi connectivity index (χ4v) is 3.46. The third kappa shape index (κ3) is 10.7. The first-order valence-electron chi connectivity index (χ1n) is 10.5. The summed E-state index contributed by atoms with van der Waals surface area (Å²) in [4.78, 5) is 7.91. The van der Waals surface area contributed by atoms with Crippen molar-refractivity contribution >= 4 is 29.9 Å². The molecule has 1 atom stereocenters. The highest BCUT2D eigenvalue weighted by Gasteiger charge is 2.34. The van der Waals surface area contributed by atoms with E-state index < -0.39 is 12.7 Å². The molecular formula is C21H35F3IN5O. The number of hydrogen-bond acceptors (Lipinski definition) is 4. The van der Waals surface area contributed by atoms with Crippen LogP contribution in [0.5, 0.6) is 5.75 Å². The predicted octanol–water partition coefficient (Wildman–Crippen LogP) is 3.33. The number of rotatable bonds is 10. The van der Waals surface area contributed by atoms with Crippen molar-refractivity contribution in [2.75, 3.05) is 52.9 Å². The van der Waals surface area contributed by atoms with Crippen LogP contribution < -0.4 is 15.4 Å². The summed E-state index contributed by atoms with van der Waals surface area (Å²) < 4.78 is 43.4. The van der Waals surface area contributed by atoms with Crippen LogP contribution in [-0.2, 0) is 6.54 Å².